The van der Waals surface area contributed by atoms with Gasteiger partial charge in [0.2, 0.25) is 0 Å². The summed E-state index contributed by atoms with van der Waals surface area (Å²) in [5.74, 6) is -0.625. The fourth-order valence-corrected chi connectivity index (χ4v) is 1.41. The first-order valence-corrected chi connectivity index (χ1v) is 4.33. The first-order chi connectivity index (χ1) is 7.63. The standard InChI is InChI=1S/C9H7N3O4/c1-16-9(13)5-2-6-8(11-4-10-6)7(3-5)12(14)15/h2-4H,1H3,(H,10,11). The molecule has 0 spiro atoms. The first-order valence-electron chi connectivity index (χ1n) is 4.33. The van der Waals surface area contributed by atoms with E-state index < -0.39 is 10.9 Å². The van der Waals surface area contributed by atoms with Crippen molar-refractivity contribution >= 4 is 22.7 Å². The van der Waals surface area contributed by atoms with Crippen molar-refractivity contribution in [3.8, 4) is 0 Å². The number of hydrogen-bond acceptors (Lipinski definition) is 5. The van der Waals surface area contributed by atoms with E-state index in [-0.39, 0.29) is 16.8 Å². The predicted molar refractivity (Wildman–Crippen MR) is 54.1 cm³/mol. The molecule has 0 fully saturated rings. The minimum atomic E-state index is -0.625. The number of imidazole rings is 1. The Kier molecular flexibility index (Phi) is 2.28. The third-order valence-electron chi connectivity index (χ3n) is 2.12. The van der Waals surface area contributed by atoms with Crippen LogP contribution >= 0.6 is 0 Å². The molecule has 0 aliphatic carbocycles. The maximum atomic E-state index is 11.3. The van der Waals surface area contributed by atoms with Gasteiger partial charge < -0.3 is 9.72 Å². The van der Waals surface area contributed by atoms with Gasteiger partial charge in [-0.05, 0) is 6.07 Å². The average molecular weight is 221 g/mol. The first kappa shape index (κ1) is 10.1. The van der Waals surface area contributed by atoms with Crippen molar-refractivity contribution in [1.82, 2.24) is 9.97 Å². The van der Waals surface area contributed by atoms with E-state index in [2.05, 4.69) is 14.7 Å². The molecule has 0 aliphatic heterocycles. The lowest BCUT2D eigenvalue weighted by atomic mass is 10.1. The van der Waals surface area contributed by atoms with E-state index in [0.29, 0.717) is 5.52 Å². The zero-order chi connectivity index (χ0) is 11.7. The van der Waals surface area contributed by atoms with E-state index >= 15 is 0 Å². The summed E-state index contributed by atoms with van der Waals surface area (Å²) in [6.45, 7) is 0. The highest BCUT2D eigenvalue weighted by atomic mass is 16.6. The van der Waals surface area contributed by atoms with Crippen molar-refractivity contribution in [2.45, 2.75) is 0 Å². The SMILES string of the molecule is COC(=O)c1cc([N+](=O)[O-])c2nc[nH]c2c1. The zero-order valence-corrected chi connectivity index (χ0v) is 8.26. The molecule has 7 heteroatoms. The molecule has 0 bridgehead atoms. The van der Waals surface area contributed by atoms with Crippen molar-refractivity contribution in [2.75, 3.05) is 7.11 Å². The second-order valence-electron chi connectivity index (χ2n) is 3.04. The van der Waals surface area contributed by atoms with Crippen molar-refractivity contribution in [3.63, 3.8) is 0 Å². The van der Waals surface area contributed by atoms with Crippen LogP contribution in [-0.4, -0.2) is 28.0 Å². The minimum absolute atomic E-state index is 0.117. The summed E-state index contributed by atoms with van der Waals surface area (Å²) >= 11 is 0. The fourth-order valence-electron chi connectivity index (χ4n) is 1.41. The molecular weight excluding hydrogens is 214 g/mol. The third-order valence-corrected chi connectivity index (χ3v) is 2.12. The number of nitro benzene ring substituents is 1. The molecule has 0 aliphatic rings. The molecule has 0 saturated carbocycles. The molecule has 2 rings (SSSR count). The number of aromatic nitrogens is 2. The van der Waals surface area contributed by atoms with Gasteiger partial charge in [0.05, 0.1) is 29.4 Å². The molecule has 0 radical (unpaired) electrons. The number of H-pyrrole nitrogens is 1. The largest absolute Gasteiger partial charge is 0.465 e. The molecule has 0 unspecified atom stereocenters. The molecule has 1 heterocycles. The molecule has 2 aromatic rings. The highest BCUT2D eigenvalue weighted by Gasteiger charge is 2.19. The van der Waals surface area contributed by atoms with Crippen LogP contribution in [-0.2, 0) is 4.74 Å². The molecule has 1 aromatic carbocycles. The van der Waals surface area contributed by atoms with Crippen LogP contribution in [0.3, 0.4) is 0 Å². The number of methoxy groups -OCH3 is 1. The maximum Gasteiger partial charge on any atom is 0.338 e. The molecule has 16 heavy (non-hydrogen) atoms. The molecule has 1 aromatic heterocycles. The van der Waals surface area contributed by atoms with Crippen molar-refractivity contribution < 1.29 is 14.5 Å². The number of non-ortho nitro benzene ring substituents is 1. The van der Waals surface area contributed by atoms with Crippen molar-refractivity contribution in [2.24, 2.45) is 0 Å². The third kappa shape index (κ3) is 1.48. The van der Waals surface area contributed by atoms with Gasteiger partial charge in [-0.15, -0.1) is 0 Å². The molecule has 7 nitrogen and oxygen atoms in total. The number of hydrogen-bond donors (Lipinski definition) is 1. The van der Waals surface area contributed by atoms with Crippen LogP contribution in [0.1, 0.15) is 10.4 Å². The summed E-state index contributed by atoms with van der Waals surface area (Å²) in [5.41, 5.74) is 0.539. The summed E-state index contributed by atoms with van der Waals surface area (Å²) in [4.78, 5) is 28.0. The molecule has 82 valence electrons. The molecule has 0 amide bonds. The van der Waals surface area contributed by atoms with Crippen LogP contribution in [0.15, 0.2) is 18.5 Å². The lowest BCUT2D eigenvalue weighted by Crippen LogP contribution is -2.02. The fraction of sp³-hybridized carbons (Fsp3) is 0.111. The topological polar surface area (TPSA) is 98.1 Å². The van der Waals surface area contributed by atoms with Gasteiger partial charge in [0.1, 0.15) is 0 Å². The number of esters is 1. The minimum Gasteiger partial charge on any atom is -0.465 e. The van der Waals surface area contributed by atoms with Gasteiger partial charge in [0.15, 0.2) is 5.52 Å². The second-order valence-corrected chi connectivity index (χ2v) is 3.04. The number of carbonyl (C=O) groups is 1. The van der Waals surface area contributed by atoms with Crippen LogP contribution in [0, 0.1) is 10.1 Å². The predicted octanol–water partition coefficient (Wildman–Crippen LogP) is 1.26. The number of nitrogens with one attached hydrogen (secondary N) is 1. The summed E-state index contributed by atoms with van der Waals surface area (Å²) in [6.07, 6.45) is 1.33. The summed E-state index contributed by atoms with van der Waals surface area (Å²) < 4.78 is 4.50. The lowest BCUT2D eigenvalue weighted by molar-refractivity contribution is -0.383. The number of benzene rings is 1. The number of fused-ring (bicyclic) bond motifs is 1. The van der Waals surface area contributed by atoms with E-state index in [0.717, 1.165) is 6.07 Å². The Bertz CT molecular complexity index is 575. The Morgan fingerprint density at radius 1 is 1.56 bits per heavy atom. The van der Waals surface area contributed by atoms with E-state index in [1.54, 1.807) is 0 Å². The molecule has 0 saturated heterocycles. The molecular formula is C9H7N3O4. The van der Waals surface area contributed by atoms with Gasteiger partial charge in [0, 0.05) is 6.07 Å². The van der Waals surface area contributed by atoms with E-state index in [9.17, 15) is 14.9 Å². The monoisotopic (exact) mass is 221 g/mol. The van der Waals surface area contributed by atoms with Gasteiger partial charge in [-0.1, -0.05) is 0 Å². The van der Waals surface area contributed by atoms with Crippen LogP contribution in [0.25, 0.3) is 11.0 Å². The Morgan fingerprint density at radius 2 is 2.31 bits per heavy atom. The quantitative estimate of drug-likeness (QED) is 0.467. The average Bonchev–Trinajstić information content (AvgIpc) is 2.74. The Hall–Kier alpha value is -2.44. The Balaban J connectivity index is 2.71. The van der Waals surface area contributed by atoms with E-state index in [4.69, 9.17) is 0 Å². The smallest absolute Gasteiger partial charge is 0.338 e. The second kappa shape index (κ2) is 3.61. The van der Waals surface area contributed by atoms with Gasteiger partial charge in [-0.2, -0.15) is 0 Å². The zero-order valence-electron chi connectivity index (χ0n) is 8.26. The van der Waals surface area contributed by atoms with Gasteiger partial charge >= 0.3 is 5.97 Å². The summed E-state index contributed by atoms with van der Waals surface area (Å²) in [7, 11) is 1.21. The van der Waals surface area contributed by atoms with Gasteiger partial charge in [-0.25, -0.2) is 9.78 Å². The number of aromatic amines is 1. The van der Waals surface area contributed by atoms with Crippen LogP contribution in [0.4, 0.5) is 5.69 Å². The number of ether oxygens (including phenoxy) is 1. The number of nitro groups is 1. The highest BCUT2D eigenvalue weighted by Crippen LogP contribution is 2.24. The van der Waals surface area contributed by atoms with Gasteiger partial charge in [0.25, 0.3) is 5.69 Å². The van der Waals surface area contributed by atoms with Crippen LogP contribution in [0.2, 0.25) is 0 Å². The Morgan fingerprint density at radius 3 is 2.94 bits per heavy atom. The van der Waals surface area contributed by atoms with Crippen LogP contribution < -0.4 is 0 Å². The van der Waals surface area contributed by atoms with Crippen LogP contribution in [0.5, 0.6) is 0 Å². The summed E-state index contributed by atoms with van der Waals surface area (Å²) in [5, 5.41) is 10.8. The number of rotatable bonds is 2. The van der Waals surface area contributed by atoms with E-state index in [1.165, 1.54) is 19.5 Å². The Labute approximate surface area is 89.2 Å². The normalized spacial score (nSPS) is 10.3. The van der Waals surface area contributed by atoms with Crippen molar-refractivity contribution in [3.05, 3.63) is 34.1 Å². The highest BCUT2D eigenvalue weighted by molar-refractivity contribution is 5.97. The molecule has 1 N–H and O–H groups in total. The van der Waals surface area contributed by atoms with E-state index in [1.807, 2.05) is 0 Å². The number of carbonyl (C=O) groups excluding carboxylic acids is 1. The van der Waals surface area contributed by atoms with Gasteiger partial charge in [-0.3, -0.25) is 10.1 Å². The lowest BCUT2D eigenvalue weighted by Gasteiger charge is -1.99. The van der Waals surface area contributed by atoms with Crippen molar-refractivity contribution in [1.29, 1.82) is 0 Å². The molecule has 0 atom stereocenters. The number of nitrogens with zero attached hydrogens (tertiary/aromatic N) is 2. The maximum absolute atomic E-state index is 11.3. The summed E-state index contributed by atoms with van der Waals surface area (Å²) in [6, 6.07) is 2.61.